The number of rotatable bonds is 4. The molecule has 0 radical (unpaired) electrons. The molecule has 0 spiro atoms. The summed E-state index contributed by atoms with van der Waals surface area (Å²) < 4.78 is 5.02. The Morgan fingerprint density at radius 3 is 3.14 bits per heavy atom. The molecule has 6 nitrogen and oxygen atoms in total. The van der Waals surface area contributed by atoms with Crippen molar-refractivity contribution in [2.24, 2.45) is 0 Å². The molecular weight excluding hydrogens is 292 g/mol. The smallest absolute Gasteiger partial charge is 0.223 e. The fraction of sp³-hybridized carbons (Fsp3) is 0.500. The number of H-pyrrole nitrogens is 1. The minimum atomic E-state index is 0.0597. The first kappa shape index (κ1) is 14.1. The third-order valence-electron chi connectivity index (χ3n) is 3.73. The molecule has 2 aromatic rings. The van der Waals surface area contributed by atoms with Crippen molar-refractivity contribution in [2.45, 2.75) is 38.6 Å². The fourth-order valence-electron chi connectivity index (χ4n) is 2.73. The second kappa shape index (κ2) is 5.89. The third-order valence-corrected chi connectivity index (χ3v) is 3.90. The number of aromatic amines is 1. The van der Waals surface area contributed by atoms with Gasteiger partial charge in [0.15, 0.2) is 5.15 Å². The quantitative estimate of drug-likeness (QED) is 0.942. The monoisotopic (exact) mass is 308 g/mol. The molecule has 0 saturated carbocycles. The van der Waals surface area contributed by atoms with Gasteiger partial charge >= 0.3 is 0 Å². The lowest BCUT2D eigenvalue weighted by molar-refractivity contribution is -0.132. The molecular formula is C14H17ClN4O2. The standard InChI is InChI=1S/C14H17ClN4O2/c1-9-8-16-14(17-9)11-3-2-6-19(11)13(20)5-4-10-7-12(15)18-21-10/h7-8,11H,2-6H2,1H3,(H,16,17)/t11-/m1/s1. The summed E-state index contributed by atoms with van der Waals surface area (Å²) in [5, 5.41) is 3.93. The molecule has 1 aliphatic heterocycles. The molecule has 0 bridgehead atoms. The van der Waals surface area contributed by atoms with Gasteiger partial charge in [0.05, 0.1) is 6.04 Å². The molecule has 1 amide bonds. The summed E-state index contributed by atoms with van der Waals surface area (Å²) in [7, 11) is 0. The van der Waals surface area contributed by atoms with Gasteiger partial charge in [0.1, 0.15) is 11.6 Å². The van der Waals surface area contributed by atoms with E-state index in [1.165, 1.54) is 0 Å². The zero-order valence-electron chi connectivity index (χ0n) is 11.8. The van der Waals surface area contributed by atoms with Gasteiger partial charge in [-0.1, -0.05) is 16.8 Å². The average molecular weight is 309 g/mol. The first-order chi connectivity index (χ1) is 10.1. The summed E-state index contributed by atoms with van der Waals surface area (Å²) in [6.07, 6.45) is 4.66. The number of aryl methyl sites for hydroxylation is 2. The number of nitrogens with one attached hydrogen (secondary N) is 1. The van der Waals surface area contributed by atoms with Crippen LogP contribution in [0.4, 0.5) is 0 Å². The Morgan fingerprint density at radius 2 is 2.48 bits per heavy atom. The van der Waals surface area contributed by atoms with Crippen LogP contribution in [-0.2, 0) is 11.2 Å². The van der Waals surface area contributed by atoms with Crippen molar-refractivity contribution in [1.29, 1.82) is 0 Å². The second-order valence-electron chi connectivity index (χ2n) is 5.31. The highest BCUT2D eigenvalue weighted by Gasteiger charge is 2.31. The lowest BCUT2D eigenvalue weighted by Crippen LogP contribution is -2.31. The highest BCUT2D eigenvalue weighted by Crippen LogP contribution is 2.30. The summed E-state index contributed by atoms with van der Waals surface area (Å²) in [5.41, 5.74) is 1.01. The maximum absolute atomic E-state index is 12.4. The molecule has 1 aliphatic rings. The summed E-state index contributed by atoms with van der Waals surface area (Å²) in [4.78, 5) is 21.9. The molecule has 1 N–H and O–H groups in total. The first-order valence-electron chi connectivity index (χ1n) is 7.05. The maximum Gasteiger partial charge on any atom is 0.223 e. The summed E-state index contributed by atoms with van der Waals surface area (Å²) in [5.74, 6) is 1.62. The van der Waals surface area contributed by atoms with E-state index >= 15 is 0 Å². The van der Waals surface area contributed by atoms with E-state index in [0.717, 1.165) is 30.9 Å². The van der Waals surface area contributed by atoms with Crippen molar-refractivity contribution >= 4 is 17.5 Å². The molecule has 0 aliphatic carbocycles. The third kappa shape index (κ3) is 3.10. The number of aromatic nitrogens is 3. The molecule has 0 unspecified atom stereocenters. The number of hydrogen-bond acceptors (Lipinski definition) is 4. The molecule has 112 valence electrons. The van der Waals surface area contributed by atoms with Crippen LogP contribution in [0.2, 0.25) is 5.15 Å². The molecule has 3 heterocycles. The van der Waals surface area contributed by atoms with Gasteiger partial charge in [0.25, 0.3) is 0 Å². The highest BCUT2D eigenvalue weighted by molar-refractivity contribution is 6.29. The van der Waals surface area contributed by atoms with Gasteiger partial charge in [0.2, 0.25) is 5.91 Å². The molecule has 3 rings (SSSR count). The number of imidazole rings is 1. The Kier molecular flexibility index (Phi) is 3.96. The van der Waals surface area contributed by atoms with Gasteiger partial charge in [-0.15, -0.1) is 0 Å². The Hall–Kier alpha value is -1.82. The SMILES string of the molecule is Cc1cnc([C@H]2CCCN2C(=O)CCc2cc(Cl)no2)[nH]1. The van der Waals surface area contributed by atoms with Crippen LogP contribution in [0.15, 0.2) is 16.8 Å². The Labute approximate surface area is 127 Å². The van der Waals surface area contributed by atoms with E-state index in [9.17, 15) is 4.79 Å². The average Bonchev–Trinajstić information content (AvgIpc) is 3.16. The number of amides is 1. The van der Waals surface area contributed by atoms with E-state index in [4.69, 9.17) is 16.1 Å². The zero-order chi connectivity index (χ0) is 14.8. The number of nitrogens with zero attached hydrogens (tertiary/aromatic N) is 3. The van der Waals surface area contributed by atoms with Crippen molar-refractivity contribution in [2.75, 3.05) is 6.54 Å². The van der Waals surface area contributed by atoms with Crippen LogP contribution in [0, 0.1) is 6.92 Å². The lowest BCUT2D eigenvalue weighted by atomic mass is 10.2. The van der Waals surface area contributed by atoms with Crippen molar-refractivity contribution in [3.63, 3.8) is 0 Å². The van der Waals surface area contributed by atoms with Crippen molar-refractivity contribution in [3.8, 4) is 0 Å². The van der Waals surface area contributed by atoms with Crippen molar-refractivity contribution in [1.82, 2.24) is 20.0 Å². The first-order valence-corrected chi connectivity index (χ1v) is 7.43. The predicted octanol–water partition coefficient (Wildman–Crippen LogP) is 2.66. The van der Waals surface area contributed by atoms with Crippen LogP contribution in [0.5, 0.6) is 0 Å². The number of hydrogen-bond donors (Lipinski definition) is 1. The topological polar surface area (TPSA) is 75.0 Å². The van der Waals surface area contributed by atoms with Gasteiger partial charge in [-0.25, -0.2) is 4.98 Å². The van der Waals surface area contributed by atoms with Crippen LogP contribution in [0.25, 0.3) is 0 Å². The van der Waals surface area contributed by atoms with Crippen LogP contribution in [0.1, 0.15) is 42.6 Å². The second-order valence-corrected chi connectivity index (χ2v) is 5.70. The van der Waals surface area contributed by atoms with E-state index in [-0.39, 0.29) is 11.9 Å². The molecule has 0 aromatic carbocycles. The highest BCUT2D eigenvalue weighted by atomic mass is 35.5. The van der Waals surface area contributed by atoms with Crippen molar-refractivity contribution < 1.29 is 9.32 Å². The largest absolute Gasteiger partial charge is 0.360 e. The number of carbonyl (C=O) groups is 1. The Bertz CT molecular complexity index is 636. The Morgan fingerprint density at radius 1 is 1.62 bits per heavy atom. The molecule has 1 saturated heterocycles. The Balaban J connectivity index is 1.63. The summed E-state index contributed by atoms with van der Waals surface area (Å²) in [6, 6.07) is 1.70. The normalized spacial score (nSPS) is 18.4. The van der Waals surface area contributed by atoms with E-state index in [2.05, 4.69) is 15.1 Å². The number of likely N-dealkylation sites (tertiary alicyclic amines) is 1. The van der Waals surface area contributed by atoms with Gasteiger partial charge in [-0.05, 0) is 19.8 Å². The van der Waals surface area contributed by atoms with Crippen LogP contribution in [0.3, 0.4) is 0 Å². The molecule has 7 heteroatoms. The minimum Gasteiger partial charge on any atom is -0.360 e. The van der Waals surface area contributed by atoms with Crippen molar-refractivity contribution in [3.05, 3.63) is 34.7 Å². The summed E-state index contributed by atoms with van der Waals surface area (Å²) in [6.45, 7) is 2.74. The van der Waals surface area contributed by atoms with Crippen LogP contribution in [-0.4, -0.2) is 32.5 Å². The van der Waals surface area contributed by atoms with Crippen LogP contribution >= 0.6 is 11.6 Å². The van der Waals surface area contributed by atoms with E-state index in [1.807, 2.05) is 11.8 Å². The van der Waals surface area contributed by atoms with Gasteiger partial charge in [-0.3, -0.25) is 4.79 Å². The molecule has 2 aromatic heterocycles. The maximum atomic E-state index is 12.4. The number of carbonyl (C=O) groups excluding carboxylic acids is 1. The number of halogens is 1. The van der Waals surface area contributed by atoms with Gasteiger partial charge in [0, 0.05) is 37.3 Å². The van der Waals surface area contributed by atoms with E-state index in [0.29, 0.717) is 23.8 Å². The van der Waals surface area contributed by atoms with Gasteiger partial charge < -0.3 is 14.4 Å². The molecule has 1 atom stereocenters. The predicted molar refractivity (Wildman–Crippen MR) is 76.8 cm³/mol. The van der Waals surface area contributed by atoms with E-state index < -0.39 is 0 Å². The van der Waals surface area contributed by atoms with Gasteiger partial charge in [-0.2, -0.15) is 0 Å². The zero-order valence-corrected chi connectivity index (χ0v) is 12.6. The lowest BCUT2D eigenvalue weighted by Gasteiger charge is -2.23. The van der Waals surface area contributed by atoms with Crippen LogP contribution < -0.4 is 0 Å². The summed E-state index contributed by atoms with van der Waals surface area (Å²) >= 11 is 5.70. The molecule has 1 fully saturated rings. The van der Waals surface area contributed by atoms with E-state index in [1.54, 1.807) is 12.3 Å². The fourth-order valence-corrected chi connectivity index (χ4v) is 2.89. The minimum absolute atomic E-state index is 0.0597. The molecule has 21 heavy (non-hydrogen) atoms.